The molecule has 0 fully saturated rings. The molecule has 1 aromatic rings. The van der Waals surface area contributed by atoms with Crippen LogP contribution in [0.15, 0.2) is 5.38 Å². The zero-order valence-corrected chi connectivity index (χ0v) is 11.7. The lowest BCUT2D eigenvalue weighted by molar-refractivity contribution is 0.243. The Labute approximate surface area is 112 Å². The van der Waals surface area contributed by atoms with E-state index in [0.717, 1.165) is 18.5 Å². The van der Waals surface area contributed by atoms with Gasteiger partial charge in [0, 0.05) is 18.5 Å². The highest BCUT2D eigenvalue weighted by atomic mass is 32.1. The molecule has 6 heteroatoms. The van der Waals surface area contributed by atoms with Crippen LogP contribution in [0.2, 0.25) is 0 Å². The summed E-state index contributed by atoms with van der Waals surface area (Å²) in [6.07, 6.45) is 2.68. The molecule has 5 nitrogen and oxygen atoms in total. The molecule has 1 atom stereocenters. The lowest BCUT2D eigenvalue weighted by Crippen LogP contribution is -2.32. The fraction of sp³-hybridized carbons (Fsp3) is 0.667. The maximum atomic E-state index is 11.6. The van der Waals surface area contributed by atoms with Gasteiger partial charge in [-0.1, -0.05) is 20.3 Å². The van der Waals surface area contributed by atoms with Gasteiger partial charge in [0.15, 0.2) is 5.13 Å². The van der Waals surface area contributed by atoms with Crippen molar-refractivity contribution in [2.75, 3.05) is 18.5 Å². The van der Waals surface area contributed by atoms with Gasteiger partial charge < -0.3 is 10.4 Å². The fourth-order valence-electron chi connectivity index (χ4n) is 1.47. The molecule has 18 heavy (non-hydrogen) atoms. The predicted molar refractivity (Wildman–Crippen MR) is 74.0 cm³/mol. The van der Waals surface area contributed by atoms with Crippen LogP contribution in [0, 0.1) is 5.92 Å². The highest BCUT2D eigenvalue weighted by Gasteiger charge is 2.07. The lowest BCUT2D eigenvalue weighted by atomic mass is 10.1. The largest absolute Gasteiger partial charge is 0.396 e. The second-order valence-electron chi connectivity index (χ2n) is 4.35. The van der Waals surface area contributed by atoms with Crippen molar-refractivity contribution < 1.29 is 9.90 Å². The molecule has 3 N–H and O–H groups in total. The molecule has 0 bridgehead atoms. The number of anilines is 1. The summed E-state index contributed by atoms with van der Waals surface area (Å²) in [4.78, 5) is 15.9. The van der Waals surface area contributed by atoms with Gasteiger partial charge in [0.1, 0.15) is 0 Å². The van der Waals surface area contributed by atoms with Crippen LogP contribution in [0.25, 0.3) is 0 Å². The van der Waals surface area contributed by atoms with Crippen LogP contribution < -0.4 is 10.6 Å². The van der Waals surface area contributed by atoms with Gasteiger partial charge in [-0.2, -0.15) is 0 Å². The Bertz CT molecular complexity index is 368. The summed E-state index contributed by atoms with van der Waals surface area (Å²) in [5.41, 5.74) is 1.02. The summed E-state index contributed by atoms with van der Waals surface area (Å²) in [6.45, 7) is 4.79. The van der Waals surface area contributed by atoms with Crippen molar-refractivity contribution in [3.05, 3.63) is 11.1 Å². The average Bonchev–Trinajstić information content (AvgIpc) is 2.75. The van der Waals surface area contributed by atoms with Crippen molar-refractivity contribution in [1.29, 1.82) is 0 Å². The third-order valence-corrected chi connectivity index (χ3v) is 3.32. The fourth-order valence-corrected chi connectivity index (χ4v) is 2.21. The topological polar surface area (TPSA) is 74.2 Å². The number of nitrogens with one attached hydrogen (secondary N) is 2. The van der Waals surface area contributed by atoms with Gasteiger partial charge in [-0.25, -0.2) is 9.78 Å². The molecule has 2 amide bonds. The highest BCUT2D eigenvalue weighted by molar-refractivity contribution is 7.13. The molecule has 0 spiro atoms. The number of aromatic nitrogens is 1. The zero-order valence-electron chi connectivity index (χ0n) is 10.9. The molecule has 0 saturated heterocycles. The summed E-state index contributed by atoms with van der Waals surface area (Å²) in [7, 11) is 0. The van der Waals surface area contributed by atoms with E-state index < -0.39 is 0 Å². The standard InChI is InChI=1S/C12H21N3O2S/c1-3-4-10-8-18-12(14-10)15-11(17)13-7-9(2)5-6-16/h8-9,16H,3-7H2,1-2H3,(H2,13,14,15,17). The van der Waals surface area contributed by atoms with Crippen molar-refractivity contribution in [3.63, 3.8) is 0 Å². The predicted octanol–water partition coefficient (Wildman–Crippen LogP) is 2.24. The van der Waals surface area contributed by atoms with Crippen molar-refractivity contribution in [3.8, 4) is 0 Å². The van der Waals surface area contributed by atoms with Crippen LogP contribution >= 0.6 is 11.3 Å². The summed E-state index contributed by atoms with van der Waals surface area (Å²) >= 11 is 1.44. The quantitative estimate of drug-likeness (QED) is 0.712. The molecule has 0 saturated carbocycles. The van der Waals surface area contributed by atoms with E-state index in [4.69, 9.17) is 5.11 Å². The molecule has 0 aliphatic heterocycles. The summed E-state index contributed by atoms with van der Waals surface area (Å²) in [5.74, 6) is 0.271. The second kappa shape index (κ2) is 8.05. The van der Waals surface area contributed by atoms with E-state index in [1.54, 1.807) is 0 Å². The number of aliphatic hydroxyl groups excluding tert-OH is 1. The SMILES string of the molecule is CCCc1csc(NC(=O)NCC(C)CCO)n1. The summed E-state index contributed by atoms with van der Waals surface area (Å²) in [6, 6.07) is -0.239. The lowest BCUT2D eigenvalue weighted by Gasteiger charge is -2.10. The molecule has 1 aromatic heterocycles. The molecule has 0 aliphatic carbocycles. The molecular formula is C12H21N3O2S. The molecule has 0 aromatic carbocycles. The van der Waals surface area contributed by atoms with E-state index >= 15 is 0 Å². The molecule has 1 rings (SSSR count). The van der Waals surface area contributed by atoms with Crippen molar-refractivity contribution in [1.82, 2.24) is 10.3 Å². The first-order chi connectivity index (χ1) is 8.65. The van der Waals surface area contributed by atoms with Crippen LogP contribution in [-0.2, 0) is 6.42 Å². The number of nitrogens with zero attached hydrogens (tertiary/aromatic N) is 1. The molecule has 0 radical (unpaired) electrons. The van der Waals surface area contributed by atoms with Crippen molar-refractivity contribution >= 4 is 22.5 Å². The van der Waals surface area contributed by atoms with Crippen LogP contribution in [0.3, 0.4) is 0 Å². The van der Waals surface area contributed by atoms with E-state index in [1.807, 2.05) is 12.3 Å². The molecule has 1 heterocycles. The van der Waals surface area contributed by atoms with E-state index in [2.05, 4.69) is 22.5 Å². The maximum Gasteiger partial charge on any atom is 0.321 e. The smallest absolute Gasteiger partial charge is 0.321 e. The second-order valence-corrected chi connectivity index (χ2v) is 5.20. The third-order valence-electron chi connectivity index (χ3n) is 2.51. The first-order valence-corrected chi connectivity index (χ1v) is 7.13. The number of carbonyl (C=O) groups excluding carboxylic acids is 1. The first kappa shape index (κ1) is 14.9. The zero-order chi connectivity index (χ0) is 13.4. The van der Waals surface area contributed by atoms with Gasteiger partial charge in [0.25, 0.3) is 0 Å². The minimum Gasteiger partial charge on any atom is -0.396 e. The van der Waals surface area contributed by atoms with Gasteiger partial charge in [-0.3, -0.25) is 5.32 Å². The minimum absolute atomic E-state index is 0.150. The van der Waals surface area contributed by atoms with Crippen molar-refractivity contribution in [2.24, 2.45) is 5.92 Å². The molecular weight excluding hydrogens is 250 g/mol. The molecule has 0 aliphatic rings. The van der Waals surface area contributed by atoms with Crippen molar-refractivity contribution in [2.45, 2.75) is 33.1 Å². The summed E-state index contributed by atoms with van der Waals surface area (Å²) in [5, 5.41) is 16.8. The van der Waals surface area contributed by atoms with Crippen LogP contribution in [0.1, 0.15) is 32.4 Å². The Morgan fingerprint density at radius 2 is 2.39 bits per heavy atom. The van der Waals surface area contributed by atoms with Gasteiger partial charge >= 0.3 is 6.03 Å². The molecule has 102 valence electrons. The Hall–Kier alpha value is -1.14. The Kier molecular flexibility index (Phi) is 6.67. The maximum absolute atomic E-state index is 11.6. The number of aliphatic hydroxyl groups is 1. The van der Waals surface area contributed by atoms with E-state index in [-0.39, 0.29) is 18.6 Å². The highest BCUT2D eigenvalue weighted by Crippen LogP contribution is 2.16. The normalized spacial score (nSPS) is 12.2. The Morgan fingerprint density at radius 1 is 1.61 bits per heavy atom. The van der Waals surface area contributed by atoms with Crippen LogP contribution in [0.4, 0.5) is 9.93 Å². The third kappa shape index (κ3) is 5.46. The van der Waals surface area contributed by atoms with Gasteiger partial charge in [-0.15, -0.1) is 11.3 Å². The van der Waals surface area contributed by atoms with Crippen LogP contribution in [0.5, 0.6) is 0 Å². The summed E-state index contributed by atoms with van der Waals surface area (Å²) < 4.78 is 0. The number of rotatable bonds is 7. The number of thiazole rings is 1. The number of amides is 2. The molecule has 1 unspecified atom stereocenters. The Balaban J connectivity index is 2.30. The number of aryl methyl sites for hydroxylation is 1. The number of hydrogen-bond donors (Lipinski definition) is 3. The van der Waals surface area contributed by atoms with E-state index in [0.29, 0.717) is 18.1 Å². The van der Waals surface area contributed by atoms with Gasteiger partial charge in [-0.05, 0) is 18.8 Å². The monoisotopic (exact) mass is 271 g/mol. The Morgan fingerprint density at radius 3 is 3.06 bits per heavy atom. The number of hydrogen-bond acceptors (Lipinski definition) is 4. The van der Waals surface area contributed by atoms with Gasteiger partial charge in [0.05, 0.1) is 5.69 Å². The average molecular weight is 271 g/mol. The van der Waals surface area contributed by atoms with Gasteiger partial charge in [0.2, 0.25) is 0 Å². The number of urea groups is 1. The number of carbonyl (C=O) groups is 1. The minimum atomic E-state index is -0.239. The van der Waals surface area contributed by atoms with Crippen LogP contribution in [-0.4, -0.2) is 29.3 Å². The van der Waals surface area contributed by atoms with E-state index in [9.17, 15) is 4.79 Å². The van der Waals surface area contributed by atoms with E-state index in [1.165, 1.54) is 11.3 Å². The first-order valence-electron chi connectivity index (χ1n) is 6.25.